The lowest BCUT2D eigenvalue weighted by Crippen LogP contribution is -2.45. The number of urea groups is 1. The number of nitrogens with one attached hydrogen (secondary N) is 1. The van der Waals surface area contributed by atoms with Gasteiger partial charge in [-0.25, -0.2) is 9.18 Å². The largest absolute Gasteiger partial charge is 0.494 e. The monoisotopic (exact) mass is 498 g/mol. The van der Waals surface area contributed by atoms with Gasteiger partial charge in [0.15, 0.2) is 0 Å². The van der Waals surface area contributed by atoms with Gasteiger partial charge in [-0.15, -0.1) is 0 Å². The van der Waals surface area contributed by atoms with Crippen molar-refractivity contribution in [1.29, 1.82) is 0 Å². The highest BCUT2D eigenvalue weighted by atomic mass is 19.1. The first-order chi connectivity index (χ1) is 17.9. The van der Waals surface area contributed by atoms with Crippen LogP contribution in [-0.4, -0.2) is 27.7 Å². The van der Waals surface area contributed by atoms with E-state index in [1.807, 2.05) is 69.3 Å². The second-order valence-corrected chi connectivity index (χ2v) is 8.89. The molecule has 1 aromatic heterocycles. The summed E-state index contributed by atoms with van der Waals surface area (Å²) in [6.45, 7) is 6.72. The first-order valence-electron chi connectivity index (χ1n) is 12.1. The molecular weight excluding hydrogens is 471 g/mol. The van der Waals surface area contributed by atoms with Gasteiger partial charge in [-0.1, -0.05) is 59.3 Å². The predicted octanol–water partition coefficient (Wildman–Crippen LogP) is 6.28. The highest BCUT2D eigenvalue weighted by Crippen LogP contribution is 2.38. The van der Waals surface area contributed by atoms with Crippen molar-refractivity contribution in [1.82, 2.24) is 20.4 Å². The van der Waals surface area contributed by atoms with E-state index < -0.39 is 6.04 Å². The number of allylic oxidation sites excluding steroid dienone is 1. The number of nitrogens with zero attached hydrogens (tertiary/aromatic N) is 3. The molecule has 3 aromatic carbocycles. The Morgan fingerprint density at radius 1 is 1.00 bits per heavy atom. The van der Waals surface area contributed by atoms with Crippen LogP contribution >= 0.6 is 0 Å². The molecule has 0 radical (unpaired) electrons. The topological polar surface area (TPSA) is 80.5 Å². The first-order valence-corrected chi connectivity index (χ1v) is 12.1. The lowest BCUT2D eigenvalue weighted by Gasteiger charge is -2.35. The molecule has 37 heavy (non-hydrogen) atoms. The minimum atomic E-state index is -0.587. The third kappa shape index (κ3) is 5.09. The molecule has 0 aliphatic carbocycles. The van der Waals surface area contributed by atoms with E-state index in [4.69, 9.17) is 9.26 Å². The van der Waals surface area contributed by atoms with Crippen LogP contribution in [0.3, 0.4) is 0 Å². The number of rotatable bonds is 7. The van der Waals surface area contributed by atoms with E-state index in [-0.39, 0.29) is 11.8 Å². The smallest absolute Gasteiger partial charge is 0.322 e. The molecule has 1 N–H and O–H groups in total. The highest BCUT2D eigenvalue weighted by Gasteiger charge is 2.35. The fourth-order valence-corrected chi connectivity index (χ4v) is 4.35. The second-order valence-electron chi connectivity index (χ2n) is 8.89. The summed E-state index contributed by atoms with van der Waals surface area (Å²) in [7, 11) is 0. The van der Waals surface area contributed by atoms with E-state index in [1.165, 1.54) is 12.1 Å². The Bertz CT molecular complexity index is 1430. The summed E-state index contributed by atoms with van der Waals surface area (Å²) < 4.78 is 24.9. The maximum atomic E-state index is 13.7. The molecule has 2 amide bonds. The van der Waals surface area contributed by atoms with Crippen molar-refractivity contribution in [3.8, 4) is 17.1 Å². The fraction of sp³-hybridized carbons (Fsp3) is 0.207. The maximum absolute atomic E-state index is 13.7. The van der Waals surface area contributed by atoms with Crippen molar-refractivity contribution in [3.63, 3.8) is 0 Å². The minimum Gasteiger partial charge on any atom is -0.494 e. The van der Waals surface area contributed by atoms with Crippen molar-refractivity contribution >= 4 is 11.6 Å². The van der Waals surface area contributed by atoms with Crippen LogP contribution in [0, 0.1) is 12.7 Å². The molecule has 7 nitrogen and oxygen atoms in total. The zero-order valence-electron chi connectivity index (χ0n) is 20.9. The molecule has 2 heterocycles. The van der Waals surface area contributed by atoms with Gasteiger partial charge in [-0.2, -0.15) is 4.98 Å². The van der Waals surface area contributed by atoms with Gasteiger partial charge in [-0.05, 0) is 56.2 Å². The average Bonchev–Trinajstić information content (AvgIpc) is 3.38. The van der Waals surface area contributed by atoms with E-state index in [0.29, 0.717) is 41.7 Å². The van der Waals surface area contributed by atoms with Gasteiger partial charge in [0.2, 0.25) is 5.82 Å². The van der Waals surface area contributed by atoms with Crippen LogP contribution in [0.5, 0.6) is 5.75 Å². The molecule has 5 rings (SSSR count). The molecule has 1 aliphatic rings. The number of halogens is 1. The Morgan fingerprint density at radius 2 is 1.70 bits per heavy atom. The normalized spacial score (nSPS) is 15.6. The average molecular weight is 499 g/mol. The third-order valence-electron chi connectivity index (χ3n) is 6.34. The van der Waals surface area contributed by atoms with Crippen LogP contribution in [0.1, 0.15) is 42.5 Å². The summed E-state index contributed by atoms with van der Waals surface area (Å²) in [5.41, 5.74) is 4.92. The lowest BCUT2D eigenvalue weighted by atomic mass is 9.94. The number of carbonyl (C=O) groups excluding carboxylic acids is 1. The second kappa shape index (κ2) is 10.3. The first kappa shape index (κ1) is 24.2. The Morgan fingerprint density at radius 3 is 2.38 bits per heavy atom. The number of benzene rings is 3. The summed E-state index contributed by atoms with van der Waals surface area (Å²) in [4.78, 5) is 19.6. The zero-order valence-corrected chi connectivity index (χ0v) is 20.9. The van der Waals surface area contributed by atoms with Crippen molar-refractivity contribution < 1.29 is 18.4 Å². The summed E-state index contributed by atoms with van der Waals surface area (Å²) in [5, 5.41) is 7.24. The zero-order chi connectivity index (χ0) is 25.9. The maximum Gasteiger partial charge on any atom is 0.322 e. The number of amides is 2. The molecular formula is C29H27FN4O3. The van der Waals surface area contributed by atoms with E-state index >= 15 is 0 Å². The molecule has 1 unspecified atom stereocenters. The number of aryl methyl sites for hydroxylation is 1. The molecule has 0 bridgehead atoms. The SMILES string of the molecule is CCOc1ccc(CN2C(=O)NC(c3ccc(F)cc3)C(c3nc(-c4ccc(C)cc4)no3)=C2C)cc1. The Balaban J connectivity index is 1.54. The number of carbonyl (C=O) groups is 1. The van der Waals surface area contributed by atoms with Crippen LogP contribution in [0.2, 0.25) is 0 Å². The summed E-state index contributed by atoms with van der Waals surface area (Å²) in [6, 6.07) is 20.6. The summed E-state index contributed by atoms with van der Waals surface area (Å²) in [5.74, 6) is 1.15. The number of ether oxygens (including phenoxy) is 1. The van der Waals surface area contributed by atoms with E-state index in [1.54, 1.807) is 17.0 Å². The van der Waals surface area contributed by atoms with Crippen molar-refractivity contribution in [3.05, 3.63) is 107 Å². The number of hydrogen-bond acceptors (Lipinski definition) is 5. The quantitative estimate of drug-likeness (QED) is 0.324. The van der Waals surface area contributed by atoms with Crippen molar-refractivity contribution in [2.24, 2.45) is 0 Å². The summed E-state index contributed by atoms with van der Waals surface area (Å²) in [6.07, 6.45) is 0. The molecule has 0 spiro atoms. The third-order valence-corrected chi connectivity index (χ3v) is 6.34. The van der Waals surface area contributed by atoms with Crippen LogP contribution in [0.15, 0.2) is 83.0 Å². The van der Waals surface area contributed by atoms with Gasteiger partial charge in [0.1, 0.15) is 11.6 Å². The van der Waals surface area contributed by atoms with Gasteiger partial charge >= 0.3 is 6.03 Å². The van der Waals surface area contributed by atoms with Crippen LogP contribution < -0.4 is 10.1 Å². The number of hydrogen-bond donors (Lipinski definition) is 1. The van der Waals surface area contributed by atoms with Crippen LogP contribution in [-0.2, 0) is 6.54 Å². The predicted molar refractivity (Wildman–Crippen MR) is 138 cm³/mol. The molecule has 0 saturated heterocycles. The van der Waals surface area contributed by atoms with Crippen molar-refractivity contribution in [2.45, 2.75) is 33.4 Å². The van der Waals surface area contributed by atoms with Gasteiger partial charge in [0, 0.05) is 11.3 Å². The molecule has 4 aromatic rings. The van der Waals surface area contributed by atoms with E-state index in [0.717, 1.165) is 22.4 Å². The fourth-order valence-electron chi connectivity index (χ4n) is 4.35. The molecule has 0 fully saturated rings. The Hall–Kier alpha value is -4.46. The van der Waals surface area contributed by atoms with Crippen LogP contribution in [0.25, 0.3) is 17.0 Å². The molecule has 188 valence electrons. The summed E-state index contributed by atoms with van der Waals surface area (Å²) >= 11 is 0. The minimum absolute atomic E-state index is 0.275. The highest BCUT2D eigenvalue weighted by molar-refractivity contribution is 5.86. The van der Waals surface area contributed by atoms with Crippen molar-refractivity contribution in [2.75, 3.05) is 6.61 Å². The Kier molecular flexibility index (Phi) is 6.72. The standard InChI is InChI=1S/C29H27FN4O3/c1-4-36-24-15-7-20(8-16-24)17-34-19(3)25(26(31-29(34)35)21-11-13-23(30)14-12-21)28-32-27(33-37-28)22-9-5-18(2)6-10-22/h5-16,26H,4,17H2,1-3H3,(H,31,35). The van der Waals surface area contributed by atoms with E-state index in [2.05, 4.69) is 15.5 Å². The molecule has 8 heteroatoms. The molecule has 1 atom stereocenters. The molecule has 1 aliphatic heterocycles. The van der Waals surface area contributed by atoms with Gasteiger partial charge in [0.05, 0.1) is 24.8 Å². The number of aromatic nitrogens is 2. The van der Waals surface area contributed by atoms with Gasteiger partial charge < -0.3 is 14.6 Å². The van der Waals surface area contributed by atoms with Crippen LogP contribution in [0.4, 0.5) is 9.18 Å². The van der Waals surface area contributed by atoms with E-state index in [9.17, 15) is 9.18 Å². The lowest BCUT2D eigenvalue weighted by molar-refractivity contribution is 0.203. The van der Waals surface area contributed by atoms with Gasteiger partial charge in [0.25, 0.3) is 5.89 Å². The Labute approximate surface area is 214 Å². The molecule has 0 saturated carbocycles. The van der Waals surface area contributed by atoms with Gasteiger partial charge in [-0.3, -0.25) is 4.90 Å².